The summed E-state index contributed by atoms with van der Waals surface area (Å²) in [7, 11) is 0. The topological polar surface area (TPSA) is 88.5 Å². The predicted octanol–water partition coefficient (Wildman–Crippen LogP) is 3.99. The second-order valence-corrected chi connectivity index (χ2v) is 7.56. The van der Waals surface area contributed by atoms with Crippen LogP contribution < -0.4 is 10.9 Å². The Kier molecular flexibility index (Phi) is 5.04. The summed E-state index contributed by atoms with van der Waals surface area (Å²) in [5.41, 5.74) is 3.51. The Morgan fingerprint density at radius 1 is 1.24 bits per heavy atom. The molecule has 8 heteroatoms. The number of aryl methyl sites for hydroxylation is 1. The fourth-order valence-corrected chi connectivity index (χ4v) is 4.08. The summed E-state index contributed by atoms with van der Waals surface area (Å²) in [6.45, 7) is 4.07. The fraction of sp³-hybridized carbons (Fsp3) is 0.333. The molecule has 150 valence electrons. The minimum atomic E-state index is -0.0976. The molecule has 5 rings (SSSR count). The Hall–Kier alpha value is -2.87. The maximum Gasteiger partial charge on any atom is 0.259 e. The minimum absolute atomic E-state index is 0. The lowest BCUT2D eigenvalue weighted by molar-refractivity contribution is 0.298. The van der Waals surface area contributed by atoms with Crippen LogP contribution in [-0.4, -0.2) is 24.5 Å². The third-order valence-electron chi connectivity index (χ3n) is 5.78. The minimum Gasteiger partial charge on any atom is -0.360 e. The van der Waals surface area contributed by atoms with Crippen molar-refractivity contribution in [3.05, 3.63) is 58.5 Å². The second kappa shape index (κ2) is 7.51. The molecule has 1 saturated carbocycles. The van der Waals surface area contributed by atoms with Gasteiger partial charge in [0.15, 0.2) is 11.5 Å². The van der Waals surface area contributed by atoms with Gasteiger partial charge in [-0.15, -0.1) is 0 Å². The first-order chi connectivity index (χ1) is 13.6. The monoisotopic (exact) mass is 408 g/mol. The van der Waals surface area contributed by atoms with Crippen molar-refractivity contribution in [2.75, 3.05) is 5.32 Å². The van der Waals surface area contributed by atoms with Crippen molar-refractivity contribution in [2.24, 2.45) is 0 Å². The SMILES string of the molecule is Cc1cccc2cc([C@H](C)Nc3ncnc4nc[nH]c34)n(C3CCC3)c(=O)c12.S. The van der Waals surface area contributed by atoms with E-state index in [9.17, 15) is 4.79 Å². The number of nitrogens with zero attached hydrogens (tertiary/aromatic N) is 4. The van der Waals surface area contributed by atoms with Gasteiger partial charge < -0.3 is 14.9 Å². The molecule has 3 heterocycles. The average Bonchev–Trinajstić information content (AvgIpc) is 3.12. The van der Waals surface area contributed by atoms with Crippen LogP contribution in [0.2, 0.25) is 0 Å². The summed E-state index contributed by atoms with van der Waals surface area (Å²) in [6, 6.07) is 8.35. The molecule has 4 aromatic rings. The van der Waals surface area contributed by atoms with Crippen LogP contribution in [0.4, 0.5) is 5.82 Å². The molecule has 7 nitrogen and oxygen atoms in total. The Morgan fingerprint density at radius 3 is 2.83 bits per heavy atom. The summed E-state index contributed by atoms with van der Waals surface area (Å²) in [5, 5.41) is 5.26. The van der Waals surface area contributed by atoms with Crippen LogP contribution in [0.3, 0.4) is 0 Å². The quantitative estimate of drug-likeness (QED) is 0.533. The number of hydrogen-bond acceptors (Lipinski definition) is 5. The summed E-state index contributed by atoms with van der Waals surface area (Å²) in [4.78, 5) is 29.2. The largest absolute Gasteiger partial charge is 0.360 e. The van der Waals surface area contributed by atoms with Gasteiger partial charge in [0.1, 0.15) is 11.8 Å². The van der Waals surface area contributed by atoms with Gasteiger partial charge in [-0.1, -0.05) is 18.2 Å². The highest BCUT2D eigenvalue weighted by atomic mass is 32.1. The van der Waals surface area contributed by atoms with Crippen molar-refractivity contribution >= 4 is 41.2 Å². The van der Waals surface area contributed by atoms with Crippen LogP contribution in [0.5, 0.6) is 0 Å². The van der Waals surface area contributed by atoms with Crippen molar-refractivity contribution < 1.29 is 0 Å². The van der Waals surface area contributed by atoms with Crippen LogP contribution in [0.25, 0.3) is 21.9 Å². The zero-order valence-electron chi connectivity index (χ0n) is 16.4. The number of aromatic amines is 1. The van der Waals surface area contributed by atoms with Gasteiger partial charge in [0, 0.05) is 11.7 Å². The summed E-state index contributed by atoms with van der Waals surface area (Å²) in [5.74, 6) is 0.687. The number of H-pyrrole nitrogens is 1. The molecule has 29 heavy (non-hydrogen) atoms. The van der Waals surface area contributed by atoms with E-state index in [0.717, 1.165) is 40.4 Å². The van der Waals surface area contributed by atoms with E-state index < -0.39 is 0 Å². The average molecular weight is 409 g/mol. The predicted molar refractivity (Wildman–Crippen MR) is 120 cm³/mol. The zero-order chi connectivity index (χ0) is 19.3. The van der Waals surface area contributed by atoms with Gasteiger partial charge in [-0.2, -0.15) is 13.5 Å². The van der Waals surface area contributed by atoms with Gasteiger partial charge >= 0.3 is 0 Å². The molecule has 1 aliphatic rings. The normalized spacial score (nSPS) is 15.1. The highest BCUT2D eigenvalue weighted by Gasteiger charge is 2.26. The van der Waals surface area contributed by atoms with Crippen LogP contribution >= 0.6 is 13.5 Å². The molecule has 0 spiro atoms. The third kappa shape index (κ3) is 3.17. The van der Waals surface area contributed by atoms with E-state index in [0.29, 0.717) is 11.5 Å². The second-order valence-electron chi connectivity index (χ2n) is 7.56. The number of imidazole rings is 1. The van der Waals surface area contributed by atoms with Crippen molar-refractivity contribution in [3.8, 4) is 0 Å². The number of benzene rings is 1. The van der Waals surface area contributed by atoms with Crippen LogP contribution in [-0.2, 0) is 0 Å². The smallest absolute Gasteiger partial charge is 0.259 e. The van der Waals surface area contributed by atoms with E-state index in [1.54, 1.807) is 6.33 Å². The third-order valence-corrected chi connectivity index (χ3v) is 5.78. The highest BCUT2D eigenvalue weighted by Crippen LogP contribution is 2.34. The number of nitrogens with one attached hydrogen (secondary N) is 2. The van der Waals surface area contributed by atoms with Crippen molar-refractivity contribution in [1.82, 2.24) is 24.5 Å². The molecule has 3 aromatic heterocycles. The summed E-state index contributed by atoms with van der Waals surface area (Å²) < 4.78 is 2.00. The van der Waals surface area contributed by atoms with Gasteiger partial charge in [-0.3, -0.25) is 4.79 Å². The van der Waals surface area contributed by atoms with Crippen LogP contribution in [0, 0.1) is 6.92 Å². The molecule has 0 saturated heterocycles. The van der Waals surface area contributed by atoms with E-state index in [4.69, 9.17) is 0 Å². The van der Waals surface area contributed by atoms with Gasteiger partial charge in [0.25, 0.3) is 5.56 Å². The Balaban J connectivity index is 0.00000205. The zero-order valence-corrected chi connectivity index (χ0v) is 17.4. The molecule has 1 fully saturated rings. The van der Waals surface area contributed by atoms with Crippen molar-refractivity contribution in [2.45, 2.75) is 45.2 Å². The lowest BCUT2D eigenvalue weighted by Crippen LogP contribution is -2.33. The molecule has 0 bridgehead atoms. The Labute approximate surface area is 175 Å². The highest BCUT2D eigenvalue weighted by molar-refractivity contribution is 7.59. The van der Waals surface area contributed by atoms with Crippen molar-refractivity contribution in [1.29, 1.82) is 0 Å². The Bertz CT molecular complexity index is 1240. The van der Waals surface area contributed by atoms with Gasteiger partial charge in [-0.25, -0.2) is 15.0 Å². The molecule has 2 N–H and O–H groups in total. The number of hydrogen-bond donors (Lipinski definition) is 2. The molecule has 1 atom stereocenters. The number of rotatable bonds is 4. The molecule has 0 unspecified atom stereocenters. The summed E-state index contributed by atoms with van der Waals surface area (Å²) >= 11 is 0. The fourth-order valence-electron chi connectivity index (χ4n) is 4.08. The Morgan fingerprint density at radius 2 is 2.07 bits per heavy atom. The maximum atomic E-state index is 13.4. The van der Waals surface area contributed by atoms with Gasteiger partial charge in [0.2, 0.25) is 0 Å². The van der Waals surface area contributed by atoms with E-state index in [1.165, 1.54) is 12.7 Å². The molecule has 1 aliphatic carbocycles. The molecule has 1 aromatic carbocycles. The van der Waals surface area contributed by atoms with Gasteiger partial charge in [0.05, 0.1) is 17.8 Å². The summed E-state index contributed by atoms with van der Waals surface area (Å²) in [6.07, 6.45) is 6.38. The number of pyridine rings is 1. The number of anilines is 1. The van der Waals surface area contributed by atoms with E-state index in [2.05, 4.69) is 38.2 Å². The van der Waals surface area contributed by atoms with Crippen molar-refractivity contribution in [3.63, 3.8) is 0 Å². The first-order valence-corrected chi connectivity index (χ1v) is 9.69. The van der Waals surface area contributed by atoms with E-state index in [1.807, 2.05) is 29.7 Å². The lowest BCUT2D eigenvalue weighted by Gasteiger charge is -2.32. The molecule has 0 aliphatic heterocycles. The maximum absolute atomic E-state index is 13.4. The molecule has 0 radical (unpaired) electrons. The molecular formula is C21H24N6OS. The molecular weight excluding hydrogens is 384 g/mol. The number of aromatic nitrogens is 5. The first kappa shape index (κ1) is 19.4. The first-order valence-electron chi connectivity index (χ1n) is 9.69. The standard InChI is InChI=1S/C21H22N6O.H2S/c1-12-5-3-6-14-9-16(27(15-7-4-8-15)21(28)17(12)14)13(2)26-20-18-19(23-10-22-18)24-11-25-20;/h3,5-6,9-11,13,15H,4,7-8H2,1-2H3,(H2,22,23,24,25,26);1H2/t13-;/m0./s1. The lowest BCUT2D eigenvalue weighted by atomic mass is 9.91. The van der Waals surface area contributed by atoms with Crippen LogP contribution in [0.15, 0.2) is 41.7 Å². The van der Waals surface area contributed by atoms with E-state index >= 15 is 0 Å². The number of fused-ring (bicyclic) bond motifs is 2. The van der Waals surface area contributed by atoms with E-state index in [-0.39, 0.29) is 31.1 Å². The van der Waals surface area contributed by atoms with Gasteiger partial charge in [-0.05, 0) is 50.1 Å². The van der Waals surface area contributed by atoms with Crippen LogP contribution in [0.1, 0.15) is 49.5 Å². The molecule has 0 amide bonds.